The third-order valence-electron chi connectivity index (χ3n) is 5.84. The molecule has 0 rings (SSSR count). The van der Waals surface area contributed by atoms with Gasteiger partial charge < -0.3 is 30.4 Å². The number of nitrogens with one attached hydrogen (secondary N) is 3. The van der Waals surface area contributed by atoms with Crippen LogP contribution in [0.25, 0.3) is 0 Å². The van der Waals surface area contributed by atoms with Gasteiger partial charge in [-0.25, -0.2) is 0 Å². The van der Waals surface area contributed by atoms with Crippen molar-refractivity contribution < 1.29 is 23.9 Å². The molecular weight excluding hydrogens is 436 g/mol. The van der Waals surface area contributed by atoms with Crippen molar-refractivity contribution in [2.24, 2.45) is 5.92 Å². The van der Waals surface area contributed by atoms with Crippen molar-refractivity contribution >= 4 is 24.6 Å². The van der Waals surface area contributed by atoms with E-state index >= 15 is 0 Å². The number of amides is 2. The fourth-order valence-electron chi connectivity index (χ4n) is 3.49. The zero-order valence-electron chi connectivity index (χ0n) is 22.7. The molecular formula is C25H50N4O5. The van der Waals surface area contributed by atoms with Gasteiger partial charge >= 0.3 is 5.97 Å². The van der Waals surface area contributed by atoms with Gasteiger partial charge in [-0.05, 0) is 52.4 Å². The Morgan fingerprint density at radius 1 is 0.912 bits per heavy atom. The van der Waals surface area contributed by atoms with Gasteiger partial charge in [-0.15, -0.1) is 0 Å². The molecule has 3 N–H and O–H groups in total. The highest BCUT2D eigenvalue weighted by Crippen LogP contribution is 2.09. The van der Waals surface area contributed by atoms with Crippen LogP contribution < -0.4 is 16.0 Å². The van der Waals surface area contributed by atoms with Crippen LogP contribution in [0, 0.1) is 5.92 Å². The van der Waals surface area contributed by atoms with Crippen molar-refractivity contribution in [1.82, 2.24) is 20.9 Å². The Labute approximate surface area is 207 Å². The Morgan fingerprint density at radius 2 is 1.47 bits per heavy atom. The van der Waals surface area contributed by atoms with Gasteiger partial charge in [-0.3, -0.25) is 14.4 Å². The summed E-state index contributed by atoms with van der Waals surface area (Å²) in [7, 11) is 3.19. The topological polar surface area (TPSA) is 117 Å². The summed E-state index contributed by atoms with van der Waals surface area (Å²) in [5.41, 5.74) is 0. The number of carbonyl (C=O) groups excluding carboxylic acids is 4. The highest BCUT2D eigenvalue weighted by Gasteiger charge is 2.23. The fraction of sp³-hybridized carbons (Fsp3) is 0.840. The predicted molar refractivity (Wildman–Crippen MR) is 136 cm³/mol. The molecule has 0 aliphatic carbocycles. The number of esters is 1. The van der Waals surface area contributed by atoms with E-state index in [9.17, 15) is 14.4 Å². The smallest absolute Gasteiger partial charge is 0.323 e. The van der Waals surface area contributed by atoms with Gasteiger partial charge in [0.2, 0.25) is 11.8 Å². The summed E-state index contributed by atoms with van der Waals surface area (Å²) in [6.45, 7) is 15.7. The summed E-state index contributed by atoms with van der Waals surface area (Å²) in [4.78, 5) is 46.4. The molecule has 0 bridgehead atoms. The number of carbonyl (C=O) groups is 4. The second kappa shape index (κ2) is 20.4. The number of hydrogen-bond donors (Lipinski definition) is 3. The van der Waals surface area contributed by atoms with Crippen LogP contribution in [0.4, 0.5) is 0 Å². The lowest BCUT2D eigenvalue weighted by Gasteiger charge is -2.25. The van der Waals surface area contributed by atoms with Crippen LogP contribution in [0.15, 0.2) is 0 Å². The first-order valence-corrected chi connectivity index (χ1v) is 12.4. The normalized spacial score (nSPS) is 15.1. The molecule has 0 radical (unpaired) electrons. The molecule has 0 spiro atoms. The minimum atomic E-state index is -0.634. The maximum absolute atomic E-state index is 12.4. The van der Waals surface area contributed by atoms with Crippen molar-refractivity contribution in [3.8, 4) is 0 Å². The Morgan fingerprint density at radius 3 is 2.00 bits per heavy atom. The van der Waals surface area contributed by atoms with Crippen LogP contribution in [0.3, 0.4) is 0 Å². The summed E-state index contributed by atoms with van der Waals surface area (Å²) in [6.07, 6.45) is 4.19. The molecule has 5 atom stereocenters. The number of ether oxygens (including phenoxy) is 1. The second-order valence-electron chi connectivity index (χ2n) is 9.21. The SMILES string of the molecule is C=O.CCC(C)NC(C)CC(=O)N(C)CC(C)CCCNC(=O)CC(NC(C)CC)C(=O)OC. The van der Waals surface area contributed by atoms with E-state index in [4.69, 9.17) is 9.53 Å². The van der Waals surface area contributed by atoms with E-state index < -0.39 is 12.0 Å². The lowest BCUT2D eigenvalue weighted by Crippen LogP contribution is -2.45. The highest BCUT2D eigenvalue weighted by molar-refractivity contribution is 5.85. The maximum Gasteiger partial charge on any atom is 0.323 e. The minimum Gasteiger partial charge on any atom is -0.468 e. The summed E-state index contributed by atoms with van der Waals surface area (Å²) >= 11 is 0. The standard InChI is InChI=1S/C24H48N4O4.CH2O/c1-9-18(4)26-20(6)14-23(30)28(7)16-17(3)12-11-13-25-22(29)15-21(24(31)32-8)27-19(5)10-2;1-2/h17-21,26-27H,9-16H2,1-8H3,(H,25,29);1H2. The van der Waals surface area contributed by atoms with Gasteiger partial charge in [0.1, 0.15) is 12.8 Å². The van der Waals surface area contributed by atoms with E-state index in [0.29, 0.717) is 31.5 Å². The van der Waals surface area contributed by atoms with Crippen LogP contribution in [-0.4, -0.2) is 80.9 Å². The lowest BCUT2D eigenvalue weighted by molar-refractivity contribution is -0.145. The molecule has 200 valence electrons. The third kappa shape index (κ3) is 16.6. The number of nitrogens with zero attached hydrogens (tertiary/aromatic N) is 1. The van der Waals surface area contributed by atoms with Crippen LogP contribution in [0.1, 0.15) is 80.1 Å². The van der Waals surface area contributed by atoms with Gasteiger partial charge in [0.05, 0.1) is 13.5 Å². The van der Waals surface area contributed by atoms with Gasteiger partial charge in [-0.2, -0.15) is 0 Å². The first-order valence-electron chi connectivity index (χ1n) is 12.4. The monoisotopic (exact) mass is 486 g/mol. The van der Waals surface area contributed by atoms with Crippen molar-refractivity contribution in [3.05, 3.63) is 0 Å². The van der Waals surface area contributed by atoms with Gasteiger partial charge in [-0.1, -0.05) is 20.8 Å². The molecule has 0 aromatic carbocycles. The molecule has 0 aliphatic heterocycles. The summed E-state index contributed by atoms with van der Waals surface area (Å²) in [5, 5.41) is 9.47. The quantitative estimate of drug-likeness (QED) is 0.213. The van der Waals surface area contributed by atoms with E-state index in [0.717, 1.165) is 25.7 Å². The molecule has 9 heteroatoms. The van der Waals surface area contributed by atoms with E-state index in [1.807, 2.05) is 34.6 Å². The zero-order chi connectivity index (χ0) is 26.7. The van der Waals surface area contributed by atoms with Crippen molar-refractivity contribution in [2.45, 2.75) is 104 Å². The summed E-state index contributed by atoms with van der Waals surface area (Å²) in [6, 6.07) is 0.0620. The lowest BCUT2D eigenvalue weighted by atomic mass is 10.0. The number of methoxy groups -OCH3 is 1. The number of hydrogen-bond acceptors (Lipinski definition) is 7. The Bertz CT molecular complexity index is 576. The van der Waals surface area contributed by atoms with Crippen LogP contribution in [0.2, 0.25) is 0 Å². The molecule has 2 amide bonds. The minimum absolute atomic E-state index is 0.0622. The summed E-state index contributed by atoms with van der Waals surface area (Å²) in [5.74, 6) is -0.0981. The number of rotatable bonds is 17. The molecule has 5 unspecified atom stereocenters. The predicted octanol–water partition coefficient (Wildman–Crippen LogP) is 2.28. The second-order valence-corrected chi connectivity index (χ2v) is 9.21. The average molecular weight is 487 g/mol. The van der Waals surface area contributed by atoms with E-state index in [-0.39, 0.29) is 30.3 Å². The molecule has 0 fully saturated rings. The van der Waals surface area contributed by atoms with Crippen molar-refractivity contribution in [1.29, 1.82) is 0 Å². The van der Waals surface area contributed by atoms with E-state index in [2.05, 4.69) is 36.7 Å². The Balaban J connectivity index is 0. The van der Waals surface area contributed by atoms with Crippen molar-refractivity contribution in [3.63, 3.8) is 0 Å². The molecule has 0 heterocycles. The zero-order valence-corrected chi connectivity index (χ0v) is 22.7. The summed E-state index contributed by atoms with van der Waals surface area (Å²) < 4.78 is 4.80. The van der Waals surface area contributed by atoms with Gasteiger partial charge in [0, 0.05) is 44.7 Å². The van der Waals surface area contributed by atoms with Crippen LogP contribution in [-0.2, 0) is 23.9 Å². The maximum atomic E-state index is 12.4. The molecule has 0 aliphatic rings. The van der Waals surface area contributed by atoms with E-state index in [1.54, 1.807) is 4.90 Å². The molecule has 0 saturated heterocycles. The van der Waals surface area contributed by atoms with Crippen LogP contribution >= 0.6 is 0 Å². The largest absolute Gasteiger partial charge is 0.468 e. The molecule has 9 nitrogen and oxygen atoms in total. The Kier molecular flexibility index (Phi) is 20.5. The molecule has 0 aromatic rings. The Hall–Kier alpha value is -2.00. The molecule has 0 saturated carbocycles. The first-order chi connectivity index (χ1) is 16.0. The van der Waals surface area contributed by atoms with Gasteiger partial charge in [0.25, 0.3) is 0 Å². The van der Waals surface area contributed by atoms with Gasteiger partial charge in [0.15, 0.2) is 0 Å². The van der Waals surface area contributed by atoms with E-state index in [1.165, 1.54) is 7.11 Å². The fourth-order valence-corrected chi connectivity index (χ4v) is 3.49. The average Bonchev–Trinajstić information content (AvgIpc) is 2.81. The first kappa shape index (κ1) is 34.2. The molecule has 34 heavy (non-hydrogen) atoms. The molecule has 0 aromatic heterocycles. The van der Waals surface area contributed by atoms with Crippen molar-refractivity contribution in [2.75, 3.05) is 27.2 Å². The van der Waals surface area contributed by atoms with Crippen LogP contribution in [0.5, 0.6) is 0 Å². The third-order valence-corrected chi connectivity index (χ3v) is 5.84. The highest BCUT2D eigenvalue weighted by atomic mass is 16.5.